The van der Waals surface area contributed by atoms with Crippen LogP contribution in [0.15, 0.2) is 30.3 Å². The molecule has 1 amide bonds. The summed E-state index contributed by atoms with van der Waals surface area (Å²) in [5.41, 5.74) is 0.395. The Morgan fingerprint density at radius 3 is 2.45 bits per heavy atom. The van der Waals surface area contributed by atoms with Gasteiger partial charge in [-0.1, -0.05) is 49.6 Å². The summed E-state index contributed by atoms with van der Waals surface area (Å²) < 4.78 is 0. The summed E-state index contributed by atoms with van der Waals surface area (Å²) in [7, 11) is 4.02. The first-order valence-electron chi connectivity index (χ1n) is 8.21. The fourth-order valence-electron chi connectivity index (χ4n) is 3.23. The molecule has 0 spiro atoms. The van der Waals surface area contributed by atoms with E-state index < -0.39 is 5.60 Å². The van der Waals surface area contributed by atoms with Gasteiger partial charge < -0.3 is 15.3 Å². The molecule has 4 nitrogen and oxygen atoms in total. The van der Waals surface area contributed by atoms with Crippen LogP contribution < -0.4 is 5.32 Å². The van der Waals surface area contributed by atoms with Crippen molar-refractivity contribution in [2.24, 2.45) is 0 Å². The maximum absolute atomic E-state index is 12.2. The fourth-order valence-corrected chi connectivity index (χ4v) is 3.23. The van der Waals surface area contributed by atoms with Crippen molar-refractivity contribution in [3.63, 3.8) is 0 Å². The molecule has 1 aliphatic rings. The number of rotatable bonds is 6. The van der Waals surface area contributed by atoms with Crippen LogP contribution in [0.2, 0.25) is 0 Å². The zero-order valence-electron chi connectivity index (χ0n) is 13.7. The topological polar surface area (TPSA) is 52.6 Å². The van der Waals surface area contributed by atoms with Crippen molar-refractivity contribution in [2.45, 2.75) is 50.2 Å². The second-order valence-electron chi connectivity index (χ2n) is 6.66. The molecule has 0 radical (unpaired) electrons. The van der Waals surface area contributed by atoms with Crippen LogP contribution in [0, 0.1) is 0 Å². The van der Waals surface area contributed by atoms with Gasteiger partial charge in [-0.25, -0.2) is 0 Å². The number of amides is 1. The van der Waals surface area contributed by atoms with Gasteiger partial charge in [0.15, 0.2) is 0 Å². The first-order chi connectivity index (χ1) is 10.5. The molecule has 2 rings (SSSR count). The highest BCUT2D eigenvalue weighted by atomic mass is 16.3. The Morgan fingerprint density at radius 2 is 1.86 bits per heavy atom. The quantitative estimate of drug-likeness (QED) is 0.849. The maximum atomic E-state index is 12.2. The molecule has 1 saturated carbocycles. The van der Waals surface area contributed by atoms with Crippen molar-refractivity contribution >= 4 is 5.91 Å². The van der Waals surface area contributed by atoms with Crippen molar-refractivity contribution in [2.75, 3.05) is 20.6 Å². The number of benzene rings is 1. The molecular weight excluding hydrogens is 276 g/mol. The second-order valence-corrected chi connectivity index (χ2v) is 6.66. The minimum atomic E-state index is -0.789. The van der Waals surface area contributed by atoms with Crippen LogP contribution in [0.4, 0.5) is 0 Å². The summed E-state index contributed by atoms with van der Waals surface area (Å²) in [5, 5.41) is 13.5. The van der Waals surface area contributed by atoms with Gasteiger partial charge in [-0.05, 0) is 32.5 Å². The Bertz CT molecular complexity index is 467. The summed E-state index contributed by atoms with van der Waals surface area (Å²) in [6, 6.07) is 10.3. The molecule has 0 saturated heterocycles. The van der Waals surface area contributed by atoms with E-state index in [0.29, 0.717) is 6.54 Å². The molecule has 1 aromatic rings. The molecule has 0 heterocycles. The molecule has 1 aromatic carbocycles. The molecule has 4 heteroatoms. The smallest absolute Gasteiger partial charge is 0.222 e. The number of hydrogen-bond acceptors (Lipinski definition) is 3. The van der Waals surface area contributed by atoms with Crippen molar-refractivity contribution in [1.29, 1.82) is 0 Å². The Labute approximate surface area is 133 Å². The van der Waals surface area contributed by atoms with E-state index in [2.05, 4.69) is 22.3 Å². The third-order valence-electron chi connectivity index (χ3n) is 4.57. The number of carbonyl (C=O) groups is 1. The Morgan fingerprint density at radius 1 is 1.23 bits per heavy atom. The number of nitrogens with one attached hydrogen (secondary N) is 1. The van der Waals surface area contributed by atoms with E-state index in [4.69, 9.17) is 0 Å². The third kappa shape index (κ3) is 4.82. The highest BCUT2D eigenvalue weighted by molar-refractivity contribution is 5.77. The van der Waals surface area contributed by atoms with Crippen LogP contribution in [-0.4, -0.2) is 42.2 Å². The molecule has 122 valence electrons. The number of nitrogens with zero attached hydrogens (tertiary/aromatic N) is 1. The van der Waals surface area contributed by atoms with Crippen molar-refractivity contribution in [3.8, 4) is 0 Å². The first kappa shape index (κ1) is 17.0. The van der Waals surface area contributed by atoms with Crippen molar-refractivity contribution in [3.05, 3.63) is 35.9 Å². The van der Waals surface area contributed by atoms with Gasteiger partial charge in [0.2, 0.25) is 5.91 Å². The lowest BCUT2D eigenvalue weighted by molar-refractivity contribution is -0.127. The molecule has 1 fully saturated rings. The molecule has 22 heavy (non-hydrogen) atoms. The third-order valence-corrected chi connectivity index (χ3v) is 4.57. The number of likely N-dealkylation sites (N-methyl/N-ethyl adjacent to an activating group) is 1. The van der Waals surface area contributed by atoms with Gasteiger partial charge in [0, 0.05) is 6.54 Å². The number of aliphatic hydroxyl groups is 1. The Kier molecular flexibility index (Phi) is 5.98. The standard InChI is InChI=1S/C18H28N2O2/c1-20(2)16(15-9-5-3-6-10-15)14-19-17(21)13-18(22)11-7-4-8-12-18/h3,5-6,9-10,16,22H,4,7-8,11-14H2,1-2H3,(H,19,21). The lowest BCUT2D eigenvalue weighted by atomic mass is 9.82. The number of hydrogen-bond donors (Lipinski definition) is 2. The van der Waals surface area contributed by atoms with Gasteiger partial charge >= 0.3 is 0 Å². The Hall–Kier alpha value is -1.39. The SMILES string of the molecule is CN(C)C(CNC(=O)CC1(O)CCCCC1)c1ccccc1. The van der Waals surface area contributed by atoms with E-state index >= 15 is 0 Å². The highest BCUT2D eigenvalue weighted by Crippen LogP contribution is 2.30. The van der Waals surface area contributed by atoms with E-state index in [9.17, 15) is 9.90 Å². The van der Waals surface area contributed by atoms with Crippen LogP contribution in [0.1, 0.15) is 50.1 Å². The monoisotopic (exact) mass is 304 g/mol. The average molecular weight is 304 g/mol. The minimum absolute atomic E-state index is 0.0489. The molecular formula is C18H28N2O2. The summed E-state index contributed by atoms with van der Waals surface area (Å²) in [5.74, 6) is -0.0489. The van der Waals surface area contributed by atoms with E-state index in [-0.39, 0.29) is 18.4 Å². The van der Waals surface area contributed by atoms with Gasteiger partial charge in [0.25, 0.3) is 0 Å². The predicted octanol–water partition coefficient (Wildman–Crippen LogP) is 2.49. The van der Waals surface area contributed by atoms with E-state index in [1.54, 1.807) is 0 Å². The zero-order valence-corrected chi connectivity index (χ0v) is 13.7. The van der Waals surface area contributed by atoms with E-state index in [1.165, 1.54) is 12.0 Å². The average Bonchev–Trinajstić information content (AvgIpc) is 2.48. The molecule has 2 N–H and O–H groups in total. The lowest BCUT2D eigenvalue weighted by Crippen LogP contribution is -2.41. The molecule has 0 aliphatic heterocycles. The van der Waals surface area contributed by atoms with Gasteiger partial charge in [0.1, 0.15) is 0 Å². The fraction of sp³-hybridized carbons (Fsp3) is 0.611. The lowest BCUT2D eigenvalue weighted by Gasteiger charge is -2.32. The molecule has 0 bridgehead atoms. The minimum Gasteiger partial charge on any atom is -0.389 e. The largest absolute Gasteiger partial charge is 0.389 e. The summed E-state index contributed by atoms with van der Waals surface area (Å²) >= 11 is 0. The highest BCUT2D eigenvalue weighted by Gasteiger charge is 2.31. The van der Waals surface area contributed by atoms with Crippen LogP contribution in [0.25, 0.3) is 0 Å². The van der Waals surface area contributed by atoms with E-state index in [1.807, 2.05) is 32.3 Å². The van der Waals surface area contributed by atoms with Gasteiger partial charge in [-0.15, -0.1) is 0 Å². The zero-order chi connectivity index (χ0) is 16.0. The van der Waals surface area contributed by atoms with Crippen molar-refractivity contribution in [1.82, 2.24) is 10.2 Å². The normalized spacial score (nSPS) is 18.9. The summed E-state index contributed by atoms with van der Waals surface area (Å²) in [6.45, 7) is 0.561. The van der Waals surface area contributed by atoms with Gasteiger partial charge in [-0.3, -0.25) is 4.79 Å². The molecule has 1 unspecified atom stereocenters. The van der Waals surface area contributed by atoms with Gasteiger partial charge in [-0.2, -0.15) is 0 Å². The molecule has 1 aliphatic carbocycles. The van der Waals surface area contributed by atoms with Crippen LogP contribution in [0.5, 0.6) is 0 Å². The molecule has 0 aromatic heterocycles. The second kappa shape index (κ2) is 7.75. The Balaban J connectivity index is 1.88. The predicted molar refractivity (Wildman–Crippen MR) is 88.5 cm³/mol. The van der Waals surface area contributed by atoms with Crippen molar-refractivity contribution < 1.29 is 9.90 Å². The molecule has 1 atom stereocenters. The van der Waals surface area contributed by atoms with Crippen LogP contribution >= 0.6 is 0 Å². The first-order valence-corrected chi connectivity index (χ1v) is 8.21. The summed E-state index contributed by atoms with van der Waals surface area (Å²) in [6.07, 6.45) is 4.93. The van der Waals surface area contributed by atoms with E-state index in [0.717, 1.165) is 25.7 Å². The van der Waals surface area contributed by atoms with Gasteiger partial charge in [0.05, 0.1) is 18.1 Å². The van der Waals surface area contributed by atoms with Crippen LogP contribution in [-0.2, 0) is 4.79 Å². The van der Waals surface area contributed by atoms with Crippen LogP contribution in [0.3, 0.4) is 0 Å². The number of carbonyl (C=O) groups excluding carboxylic acids is 1. The maximum Gasteiger partial charge on any atom is 0.222 e. The summed E-state index contributed by atoms with van der Waals surface area (Å²) in [4.78, 5) is 14.3.